The monoisotopic (exact) mass is 345 g/mol. The van der Waals surface area contributed by atoms with E-state index in [1.807, 2.05) is 36.2 Å². The van der Waals surface area contributed by atoms with Crippen LogP contribution in [0.15, 0.2) is 24.3 Å². The van der Waals surface area contributed by atoms with Gasteiger partial charge in [-0.2, -0.15) is 0 Å². The molecule has 0 aromatic heterocycles. The molecule has 6 heteroatoms. The molecule has 0 atom stereocenters. The number of urea groups is 1. The van der Waals surface area contributed by atoms with Gasteiger partial charge in [0.1, 0.15) is 11.3 Å². The molecule has 0 radical (unpaired) electrons. The van der Waals surface area contributed by atoms with E-state index >= 15 is 0 Å². The summed E-state index contributed by atoms with van der Waals surface area (Å²) in [5.74, 6) is 1.36. The highest BCUT2D eigenvalue weighted by atomic mass is 16.5. The molecule has 1 aromatic rings. The summed E-state index contributed by atoms with van der Waals surface area (Å²) in [6, 6.07) is 7.54. The molecule has 1 heterocycles. The average Bonchev–Trinajstić information content (AvgIpc) is 2.82. The third-order valence-electron chi connectivity index (χ3n) is 5.34. The number of hydrogen-bond acceptors (Lipinski definition) is 4. The SMILES string of the molecule is COc1cccc(CN(C)CN2C(=O)NC3(CCC(C)CC3)C2=O)c1. The standard InChI is InChI=1S/C19H27N3O3/c1-14-7-9-19(10-8-14)17(23)22(18(24)20-19)13-21(2)12-15-5-4-6-16(11-15)25-3/h4-6,11,14H,7-10,12-13H2,1-3H3,(H,20,24). The number of benzene rings is 1. The van der Waals surface area contributed by atoms with Crippen LogP contribution >= 0.6 is 0 Å². The Kier molecular flexibility index (Phi) is 4.99. The Morgan fingerprint density at radius 3 is 2.72 bits per heavy atom. The molecular formula is C19H27N3O3. The first-order chi connectivity index (χ1) is 11.9. The van der Waals surface area contributed by atoms with Crippen LogP contribution in [-0.4, -0.2) is 48.1 Å². The fourth-order valence-corrected chi connectivity index (χ4v) is 3.77. The zero-order valence-electron chi connectivity index (χ0n) is 15.2. The van der Waals surface area contributed by atoms with Crippen LogP contribution < -0.4 is 10.1 Å². The Morgan fingerprint density at radius 1 is 1.32 bits per heavy atom. The van der Waals surface area contributed by atoms with E-state index in [4.69, 9.17) is 4.74 Å². The van der Waals surface area contributed by atoms with Crippen LogP contribution in [0.25, 0.3) is 0 Å². The van der Waals surface area contributed by atoms with E-state index in [0.29, 0.717) is 19.1 Å². The lowest BCUT2D eigenvalue weighted by atomic mass is 9.77. The minimum atomic E-state index is -0.666. The smallest absolute Gasteiger partial charge is 0.326 e. The third kappa shape index (κ3) is 3.63. The van der Waals surface area contributed by atoms with Crippen molar-refractivity contribution in [2.24, 2.45) is 5.92 Å². The molecule has 1 aromatic carbocycles. The summed E-state index contributed by atoms with van der Waals surface area (Å²) in [5.41, 5.74) is 0.413. The molecule has 136 valence electrons. The summed E-state index contributed by atoms with van der Waals surface area (Å²) < 4.78 is 5.24. The van der Waals surface area contributed by atoms with Crippen molar-refractivity contribution in [1.82, 2.24) is 15.1 Å². The van der Waals surface area contributed by atoms with Gasteiger partial charge in [-0.1, -0.05) is 19.1 Å². The largest absolute Gasteiger partial charge is 0.497 e. The maximum absolute atomic E-state index is 12.9. The van der Waals surface area contributed by atoms with E-state index in [2.05, 4.69) is 12.2 Å². The number of carbonyl (C=O) groups excluding carboxylic acids is 2. The van der Waals surface area contributed by atoms with Crippen molar-refractivity contribution in [2.45, 2.75) is 44.7 Å². The lowest BCUT2D eigenvalue weighted by molar-refractivity contribution is -0.134. The van der Waals surface area contributed by atoms with Crippen LogP contribution in [0.2, 0.25) is 0 Å². The summed E-state index contributed by atoms with van der Waals surface area (Å²) in [4.78, 5) is 28.6. The molecule has 0 bridgehead atoms. The van der Waals surface area contributed by atoms with Gasteiger partial charge < -0.3 is 10.1 Å². The van der Waals surface area contributed by atoms with Crippen LogP contribution in [-0.2, 0) is 11.3 Å². The Morgan fingerprint density at radius 2 is 2.04 bits per heavy atom. The number of hydrogen-bond donors (Lipinski definition) is 1. The summed E-state index contributed by atoms with van der Waals surface area (Å²) in [7, 11) is 3.55. The minimum Gasteiger partial charge on any atom is -0.497 e. The normalized spacial score (nSPS) is 26.4. The molecule has 1 spiro atoms. The van der Waals surface area contributed by atoms with Crippen molar-refractivity contribution in [2.75, 3.05) is 20.8 Å². The minimum absolute atomic E-state index is 0.0677. The van der Waals surface area contributed by atoms with Crippen molar-refractivity contribution < 1.29 is 14.3 Å². The highest BCUT2D eigenvalue weighted by molar-refractivity contribution is 6.07. The lowest BCUT2D eigenvalue weighted by Crippen LogP contribution is -2.49. The van der Waals surface area contributed by atoms with Crippen LogP contribution in [0.4, 0.5) is 4.79 Å². The predicted octanol–water partition coefficient (Wildman–Crippen LogP) is 2.59. The molecule has 3 rings (SSSR count). The first-order valence-electron chi connectivity index (χ1n) is 8.89. The van der Waals surface area contributed by atoms with Gasteiger partial charge in [0.2, 0.25) is 0 Å². The number of carbonyl (C=O) groups is 2. The highest BCUT2D eigenvalue weighted by Gasteiger charge is 2.52. The summed E-state index contributed by atoms with van der Waals surface area (Å²) >= 11 is 0. The van der Waals surface area contributed by atoms with Gasteiger partial charge in [-0.3, -0.25) is 9.69 Å². The number of nitrogens with one attached hydrogen (secondary N) is 1. The summed E-state index contributed by atoms with van der Waals surface area (Å²) in [6.07, 6.45) is 3.46. The predicted molar refractivity (Wildman–Crippen MR) is 95.1 cm³/mol. The zero-order chi connectivity index (χ0) is 18.0. The molecule has 1 aliphatic carbocycles. The van der Waals surface area contributed by atoms with Gasteiger partial charge >= 0.3 is 6.03 Å². The molecule has 1 aliphatic heterocycles. The summed E-state index contributed by atoms with van der Waals surface area (Å²) in [5, 5.41) is 2.97. The van der Waals surface area contributed by atoms with E-state index < -0.39 is 5.54 Å². The first kappa shape index (κ1) is 17.7. The molecule has 25 heavy (non-hydrogen) atoms. The maximum atomic E-state index is 12.9. The Balaban J connectivity index is 1.63. The van der Waals surface area contributed by atoms with Crippen LogP contribution in [0.3, 0.4) is 0 Å². The Bertz CT molecular complexity index is 653. The van der Waals surface area contributed by atoms with E-state index in [1.165, 1.54) is 4.90 Å². The van der Waals surface area contributed by atoms with Gasteiger partial charge in [-0.15, -0.1) is 0 Å². The van der Waals surface area contributed by atoms with Crippen molar-refractivity contribution >= 4 is 11.9 Å². The maximum Gasteiger partial charge on any atom is 0.326 e. The number of amides is 3. The second-order valence-corrected chi connectivity index (χ2v) is 7.44. The number of ether oxygens (including phenoxy) is 1. The molecule has 1 saturated carbocycles. The quantitative estimate of drug-likeness (QED) is 0.833. The molecule has 1 saturated heterocycles. The second kappa shape index (κ2) is 7.04. The van der Waals surface area contributed by atoms with E-state index in [1.54, 1.807) is 7.11 Å². The first-order valence-corrected chi connectivity index (χ1v) is 8.89. The Labute approximate surface area is 149 Å². The molecule has 1 N–H and O–H groups in total. The number of methoxy groups -OCH3 is 1. The number of imide groups is 1. The molecular weight excluding hydrogens is 318 g/mol. The second-order valence-electron chi connectivity index (χ2n) is 7.44. The number of nitrogens with zero attached hydrogens (tertiary/aromatic N) is 2. The molecule has 3 amide bonds. The van der Waals surface area contributed by atoms with Gasteiger partial charge in [0.05, 0.1) is 13.8 Å². The topological polar surface area (TPSA) is 61.9 Å². The van der Waals surface area contributed by atoms with Gasteiger partial charge in [-0.05, 0) is 56.3 Å². The Hall–Kier alpha value is -2.08. The number of rotatable bonds is 5. The fraction of sp³-hybridized carbons (Fsp3) is 0.579. The van der Waals surface area contributed by atoms with Gasteiger partial charge in [0.25, 0.3) is 5.91 Å². The van der Waals surface area contributed by atoms with Crippen LogP contribution in [0.1, 0.15) is 38.2 Å². The average molecular weight is 345 g/mol. The van der Waals surface area contributed by atoms with E-state index in [9.17, 15) is 9.59 Å². The van der Waals surface area contributed by atoms with E-state index in [-0.39, 0.29) is 11.9 Å². The zero-order valence-corrected chi connectivity index (χ0v) is 15.2. The third-order valence-corrected chi connectivity index (χ3v) is 5.34. The van der Waals surface area contributed by atoms with Crippen molar-refractivity contribution in [1.29, 1.82) is 0 Å². The van der Waals surface area contributed by atoms with Crippen molar-refractivity contribution in [3.8, 4) is 5.75 Å². The van der Waals surface area contributed by atoms with Crippen molar-refractivity contribution in [3.63, 3.8) is 0 Å². The molecule has 6 nitrogen and oxygen atoms in total. The summed E-state index contributed by atoms with van der Waals surface area (Å²) in [6.45, 7) is 3.13. The van der Waals surface area contributed by atoms with Crippen LogP contribution in [0, 0.1) is 5.92 Å². The van der Waals surface area contributed by atoms with Gasteiger partial charge in [0.15, 0.2) is 0 Å². The van der Waals surface area contributed by atoms with Crippen molar-refractivity contribution in [3.05, 3.63) is 29.8 Å². The molecule has 2 fully saturated rings. The lowest BCUT2D eigenvalue weighted by Gasteiger charge is -2.33. The molecule has 2 aliphatic rings. The highest BCUT2D eigenvalue weighted by Crippen LogP contribution is 2.36. The van der Waals surface area contributed by atoms with Gasteiger partial charge in [0, 0.05) is 6.54 Å². The van der Waals surface area contributed by atoms with Crippen LogP contribution in [0.5, 0.6) is 5.75 Å². The molecule has 0 unspecified atom stereocenters. The van der Waals surface area contributed by atoms with Gasteiger partial charge in [-0.25, -0.2) is 9.69 Å². The van der Waals surface area contributed by atoms with E-state index in [0.717, 1.165) is 37.0 Å². The fourth-order valence-electron chi connectivity index (χ4n) is 3.77.